The quantitative estimate of drug-likeness (QED) is 0.488. The maximum atomic E-state index is 3.68. The summed E-state index contributed by atoms with van der Waals surface area (Å²) in [5.74, 6) is 0. The second-order valence-electron chi connectivity index (χ2n) is 1.34. The van der Waals surface area contributed by atoms with Gasteiger partial charge in [-0.05, 0) is 0 Å². The van der Waals surface area contributed by atoms with Crippen LogP contribution in [0.4, 0.5) is 0 Å². The van der Waals surface area contributed by atoms with Crippen LogP contribution in [0.5, 0.6) is 0 Å². The van der Waals surface area contributed by atoms with E-state index in [9.17, 15) is 0 Å². The first-order valence-corrected chi connectivity index (χ1v) is 4.32. The minimum absolute atomic E-state index is 0.335. The molecule has 7 heavy (non-hydrogen) atoms. The van der Waals surface area contributed by atoms with Gasteiger partial charge in [0, 0.05) is 0 Å². The van der Waals surface area contributed by atoms with Crippen molar-refractivity contribution < 1.29 is 0 Å². The standard InChI is InChI=1S/C6H11Si/c1-4-7(5-2)6-3/h4-5H,1-2,6H2,3H3. The molecule has 0 heterocycles. The molecule has 0 aromatic heterocycles. The van der Waals surface area contributed by atoms with Crippen molar-refractivity contribution in [2.45, 2.75) is 13.0 Å². The van der Waals surface area contributed by atoms with E-state index in [1.165, 1.54) is 6.04 Å². The Bertz CT molecular complexity index is 58.6. The molecule has 0 aliphatic heterocycles. The summed E-state index contributed by atoms with van der Waals surface area (Å²) in [7, 11) is -0.335. The van der Waals surface area contributed by atoms with Crippen molar-refractivity contribution in [2.75, 3.05) is 0 Å². The molecule has 0 saturated carbocycles. The van der Waals surface area contributed by atoms with E-state index >= 15 is 0 Å². The fraction of sp³-hybridized carbons (Fsp3) is 0.333. The summed E-state index contributed by atoms with van der Waals surface area (Å²) in [6.45, 7) is 9.52. The van der Waals surface area contributed by atoms with Gasteiger partial charge in [0.1, 0.15) is 8.80 Å². The molecule has 0 aliphatic rings. The van der Waals surface area contributed by atoms with Crippen molar-refractivity contribution in [3.05, 3.63) is 24.6 Å². The van der Waals surface area contributed by atoms with Crippen LogP contribution in [0.1, 0.15) is 6.92 Å². The highest BCUT2D eigenvalue weighted by atomic mass is 28.3. The van der Waals surface area contributed by atoms with Gasteiger partial charge in [-0.25, -0.2) is 0 Å². The molecule has 0 atom stereocenters. The predicted molar refractivity (Wildman–Crippen MR) is 36.6 cm³/mol. The maximum Gasteiger partial charge on any atom is 0.102 e. The summed E-state index contributed by atoms with van der Waals surface area (Å²) in [6.07, 6.45) is 0. The van der Waals surface area contributed by atoms with Crippen LogP contribution < -0.4 is 0 Å². The Morgan fingerprint density at radius 3 is 1.86 bits per heavy atom. The van der Waals surface area contributed by atoms with Crippen LogP contribution in [-0.4, -0.2) is 8.80 Å². The van der Waals surface area contributed by atoms with Gasteiger partial charge in [0.15, 0.2) is 0 Å². The Balaban J connectivity index is 3.36. The summed E-state index contributed by atoms with van der Waals surface area (Å²) >= 11 is 0. The van der Waals surface area contributed by atoms with Gasteiger partial charge in [-0.15, -0.1) is 13.2 Å². The lowest BCUT2D eigenvalue weighted by Crippen LogP contribution is -2.00. The lowest BCUT2D eigenvalue weighted by Gasteiger charge is -1.93. The molecule has 1 heteroatoms. The molecule has 0 spiro atoms. The van der Waals surface area contributed by atoms with E-state index in [0.717, 1.165) is 0 Å². The SMILES string of the molecule is C=C[Si](C=C)CC. The van der Waals surface area contributed by atoms with E-state index in [-0.39, 0.29) is 8.80 Å². The van der Waals surface area contributed by atoms with Gasteiger partial charge in [-0.3, -0.25) is 0 Å². The van der Waals surface area contributed by atoms with Crippen molar-refractivity contribution in [2.24, 2.45) is 0 Å². The summed E-state index contributed by atoms with van der Waals surface area (Å²) in [5.41, 5.74) is 4.02. The topological polar surface area (TPSA) is 0 Å². The summed E-state index contributed by atoms with van der Waals surface area (Å²) in [4.78, 5) is 0. The molecule has 0 saturated heterocycles. The number of rotatable bonds is 3. The molecule has 0 unspecified atom stereocenters. The first-order chi connectivity index (χ1) is 3.35. The van der Waals surface area contributed by atoms with Crippen molar-refractivity contribution in [3.8, 4) is 0 Å². The van der Waals surface area contributed by atoms with Crippen molar-refractivity contribution in [1.82, 2.24) is 0 Å². The average Bonchev–Trinajstić information content (AvgIpc) is 1.72. The minimum Gasteiger partial charge on any atom is -0.107 e. The Kier molecular flexibility index (Phi) is 3.70. The molecule has 0 rings (SSSR count). The molecule has 0 fully saturated rings. The molecule has 0 aromatic rings. The van der Waals surface area contributed by atoms with Crippen molar-refractivity contribution in [1.29, 1.82) is 0 Å². The summed E-state index contributed by atoms with van der Waals surface area (Å²) in [5, 5.41) is 0. The van der Waals surface area contributed by atoms with Crippen LogP contribution in [0.15, 0.2) is 24.6 Å². The molecule has 39 valence electrons. The highest BCUT2D eigenvalue weighted by Gasteiger charge is 1.92. The Morgan fingerprint density at radius 2 is 1.86 bits per heavy atom. The predicted octanol–water partition coefficient (Wildman–Crippen LogP) is 1.95. The zero-order chi connectivity index (χ0) is 5.70. The Labute approximate surface area is 47.2 Å². The highest BCUT2D eigenvalue weighted by Crippen LogP contribution is 1.90. The minimum atomic E-state index is -0.335. The molecule has 0 aromatic carbocycles. The molecular weight excluding hydrogens is 100 g/mol. The summed E-state index contributed by atoms with van der Waals surface area (Å²) in [6, 6.07) is 1.22. The molecule has 1 radical (unpaired) electrons. The van der Waals surface area contributed by atoms with Crippen LogP contribution >= 0.6 is 0 Å². The van der Waals surface area contributed by atoms with Gasteiger partial charge in [0.05, 0.1) is 0 Å². The molecule has 0 amide bonds. The van der Waals surface area contributed by atoms with E-state index in [1.54, 1.807) is 0 Å². The normalized spacial score (nSPS) is 8.86. The monoisotopic (exact) mass is 111 g/mol. The zero-order valence-corrected chi connectivity index (χ0v) is 5.78. The maximum absolute atomic E-state index is 3.68. The fourth-order valence-electron chi connectivity index (χ4n) is 0.372. The first kappa shape index (κ1) is 6.70. The molecule has 0 nitrogen and oxygen atoms in total. The van der Waals surface area contributed by atoms with Crippen molar-refractivity contribution >= 4 is 8.80 Å². The first-order valence-electron chi connectivity index (χ1n) is 2.45. The highest BCUT2D eigenvalue weighted by molar-refractivity contribution is 6.69. The molecule has 0 bridgehead atoms. The van der Waals surface area contributed by atoms with Gasteiger partial charge in [0.25, 0.3) is 0 Å². The van der Waals surface area contributed by atoms with E-state index in [4.69, 9.17) is 0 Å². The van der Waals surface area contributed by atoms with Crippen LogP contribution in [0.2, 0.25) is 6.04 Å². The number of hydrogen-bond donors (Lipinski definition) is 0. The van der Waals surface area contributed by atoms with Crippen LogP contribution in [-0.2, 0) is 0 Å². The molecular formula is C6H11Si. The lowest BCUT2D eigenvalue weighted by atomic mass is 11.0. The lowest BCUT2D eigenvalue weighted by molar-refractivity contribution is 1.44. The third-order valence-electron chi connectivity index (χ3n) is 0.933. The van der Waals surface area contributed by atoms with Crippen LogP contribution in [0.25, 0.3) is 0 Å². The molecule has 0 N–H and O–H groups in total. The largest absolute Gasteiger partial charge is 0.107 e. The van der Waals surface area contributed by atoms with E-state index in [1.807, 2.05) is 11.4 Å². The van der Waals surface area contributed by atoms with Crippen LogP contribution in [0, 0.1) is 0 Å². The fourth-order valence-corrected chi connectivity index (χ4v) is 1.12. The van der Waals surface area contributed by atoms with E-state index < -0.39 is 0 Å². The van der Waals surface area contributed by atoms with Crippen molar-refractivity contribution in [3.63, 3.8) is 0 Å². The Hall–Kier alpha value is -0.303. The molecule has 0 aliphatic carbocycles. The summed E-state index contributed by atoms with van der Waals surface area (Å²) < 4.78 is 0. The van der Waals surface area contributed by atoms with Gasteiger partial charge in [-0.2, -0.15) is 0 Å². The van der Waals surface area contributed by atoms with E-state index in [0.29, 0.717) is 0 Å². The average molecular weight is 111 g/mol. The second kappa shape index (κ2) is 3.87. The zero-order valence-electron chi connectivity index (χ0n) is 4.78. The second-order valence-corrected chi connectivity index (χ2v) is 4.01. The Morgan fingerprint density at radius 1 is 1.43 bits per heavy atom. The smallest absolute Gasteiger partial charge is 0.102 e. The van der Waals surface area contributed by atoms with Gasteiger partial charge in [0.2, 0.25) is 0 Å². The third-order valence-corrected chi connectivity index (χ3v) is 2.80. The van der Waals surface area contributed by atoms with Gasteiger partial charge >= 0.3 is 0 Å². The van der Waals surface area contributed by atoms with Gasteiger partial charge in [-0.1, -0.05) is 24.4 Å². The van der Waals surface area contributed by atoms with Gasteiger partial charge < -0.3 is 0 Å². The van der Waals surface area contributed by atoms with Crippen LogP contribution in [0.3, 0.4) is 0 Å². The van der Waals surface area contributed by atoms with E-state index in [2.05, 4.69) is 20.1 Å². The third kappa shape index (κ3) is 2.40. The number of hydrogen-bond acceptors (Lipinski definition) is 0.